The summed E-state index contributed by atoms with van der Waals surface area (Å²) in [5.41, 5.74) is 27.7. The van der Waals surface area contributed by atoms with Crippen LogP contribution >= 0.6 is 0 Å². The standard InChI is InChI=1S/C38H46/c1-19-15-20(2)22(4)36(21(19)3)33-16-34(37-29(11)25(7)23(5)26(8)30(37)12)18-35(17-33)38-31(13)27(9)24(6)28(10)32(38)14/h15-18H,1-14H3. The van der Waals surface area contributed by atoms with Crippen molar-refractivity contribution in [3.05, 3.63) is 102 Å². The van der Waals surface area contributed by atoms with E-state index in [-0.39, 0.29) is 0 Å². The molecule has 0 heteroatoms. The van der Waals surface area contributed by atoms with Crippen LogP contribution in [0.1, 0.15) is 77.9 Å². The smallest absolute Gasteiger partial charge is 0.0120 e. The molecule has 0 saturated carbocycles. The molecule has 0 nitrogen and oxygen atoms in total. The lowest BCUT2D eigenvalue weighted by molar-refractivity contribution is 1.17. The molecule has 0 saturated heterocycles. The van der Waals surface area contributed by atoms with Crippen molar-refractivity contribution in [2.24, 2.45) is 0 Å². The molecule has 0 atom stereocenters. The highest BCUT2D eigenvalue weighted by molar-refractivity contribution is 5.88. The first-order valence-corrected chi connectivity index (χ1v) is 14.1. The Morgan fingerprint density at radius 1 is 0.237 bits per heavy atom. The number of aryl methyl sites for hydroxylation is 2. The minimum absolute atomic E-state index is 1.32. The lowest BCUT2D eigenvalue weighted by atomic mass is 9.81. The molecule has 4 rings (SSSR count). The number of rotatable bonds is 3. The fourth-order valence-corrected chi connectivity index (χ4v) is 6.58. The van der Waals surface area contributed by atoms with Gasteiger partial charge < -0.3 is 0 Å². The molecule has 0 fully saturated rings. The van der Waals surface area contributed by atoms with Gasteiger partial charge in [-0.05, 0) is 226 Å². The average Bonchev–Trinajstić information content (AvgIpc) is 2.87. The van der Waals surface area contributed by atoms with Gasteiger partial charge in [0, 0.05) is 0 Å². The van der Waals surface area contributed by atoms with Gasteiger partial charge in [-0.3, -0.25) is 0 Å². The summed E-state index contributed by atoms with van der Waals surface area (Å²) in [5, 5.41) is 0. The molecule has 0 heterocycles. The molecule has 0 aliphatic rings. The van der Waals surface area contributed by atoms with Crippen LogP contribution in [-0.4, -0.2) is 0 Å². The quantitative estimate of drug-likeness (QED) is 0.261. The number of benzene rings is 4. The number of hydrogen-bond acceptors (Lipinski definition) is 0. The van der Waals surface area contributed by atoms with E-state index in [2.05, 4.69) is 121 Å². The van der Waals surface area contributed by atoms with Crippen molar-refractivity contribution in [1.82, 2.24) is 0 Å². The fraction of sp³-hybridized carbons (Fsp3) is 0.368. The maximum atomic E-state index is 2.46. The normalized spacial score (nSPS) is 11.4. The van der Waals surface area contributed by atoms with Crippen molar-refractivity contribution in [1.29, 1.82) is 0 Å². The fourth-order valence-electron chi connectivity index (χ4n) is 6.58. The van der Waals surface area contributed by atoms with Gasteiger partial charge in [0.2, 0.25) is 0 Å². The van der Waals surface area contributed by atoms with Gasteiger partial charge in [0.25, 0.3) is 0 Å². The van der Waals surface area contributed by atoms with Gasteiger partial charge in [0.15, 0.2) is 0 Å². The largest absolute Gasteiger partial charge is 0.0558 e. The number of hydrogen-bond donors (Lipinski definition) is 0. The first-order valence-electron chi connectivity index (χ1n) is 14.1. The van der Waals surface area contributed by atoms with Gasteiger partial charge in [0.05, 0.1) is 0 Å². The average molecular weight is 503 g/mol. The third-order valence-electron chi connectivity index (χ3n) is 10.2. The van der Waals surface area contributed by atoms with Crippen molar-refractivity contribution in [2.75, 3.05) is 0 Å². The molecule has 38 heavy (non-hydrogen) atoms. The Morgan fingerprint density at radius 3 is 0.711 bits per heavy atom. The second kappa shape index (κ2) is 9.88. The molecular formula is C38H46. The van der Waals surface area contributed by atoms with E-state index in [0.717, 1.165) is 0 Å². The molecule has 0 aromatic heterocycles. The van der Waals surface area contributed by atoms with Crippen LogP contribution in [0.2, 0.25) is 0 Å². The van der Waals surface area contributed by atoms with E-state index in [1.165, 1.54) is 111 Å². The molecule has 198 valence electrons. The Morgan fingerprint density at radius 2 is 0.447 bits per heavy atom. The predicted molar refractivity (Wildman–Crippen MR) is 169 cm³/mol. The molecule has 4 aromatic carbocycles. The third kappa shape index (κ3) is 4.23. The molecule has 0 N–H and O–H groups in total. The molecule has 0 unspecified atom stereocenters. The summed E-state index contributed by atoms with van der Waals surface area (Å²) < 4.78 is 0. The van der Waals surface area contributed by atoms with E-state index in [4.69, 9.17) is 0 Å². The molecule has 0 spiro atoms. The van der Waals surface area contributed by atoms with Crippen LogP contribution in [0, 0.1) is 96.9 Å². The molecule has 0 bridgehead atoms. The van der Waals surface area contributed by atoms with Crippen LogP contribution in [0.4, 0.5) is 0 Å². The lowest BCUT2D eigenvalue weighted by Gasteiger charge is -2.24. The van der Waals surface area contributed by atoms with E-state index in [1.807, 2.05) is 0 Å². The Balaban J connectivity index is 2.21. The van der Waals surface area contributed by atoms with Crippen LogP contribution in [0.3, 0.4) is 0 Å². The first kappa shape index (κ1) is 27.9. The van der Waals surface area contributed by atoms with Crippen LogP contribution in [0.25, 0.3) is 33.4 Å². The van der Waals surface area contributed by atoms with Crippen LogP contribution in [0.5, 0.6) is 0 Å². The van der Waals surface area contributed by atoms with Crippen molar-refractivity contribution in [3.63, 3.8) is 0 Å². The van der Waals surface area contributed by atoms with E-state index >= 15 is 0 Å². The highest BCUT2D eigenvalue weighted by Crippen LogP contribution is 2.43. The van der Waals surface area contributed by atoms with Crippen LogP contribution in [-0.2, 0) is 0 Å². The lowest BCUT2D eigenvalue weighted by Crippen LogP contribution is -2.02. The van der Waals surface area contributed by atoms with Gasteiger partial charge in [-0.2, -0.15) is 0 Å². The first-order chi connectivity index (χ1) is 17.7. The highest BCUT2D eigenvalue weighted by Gasteiger charge is 2.20. The summed E-state index contributed by atoms with van der Waals surface area (Å²) in [4.78, 5) is 0. The SMILES string of the molecule is Cc1cc(C)c(C)c(-c2cc(-c3c(C)c(C)c(C)c(C)c3C)cc(-c3c(C)c(C)c(C)c(C)c3C)c2)c1C. The van der Waals surface area contributed by atoms with Crippen molar-refractivity contribution in [2.45, 2.75) is 96.9 Å². The molecule has 0 aliphatic carbocycles. The Kier molecular flexibility index (Phi) is 7.26. The second-order valence-electron chi connectivity index (χ2n) is 11.9. The highest BCUT2D eigenvalue weighted by atomic mass is 14.2. The van der Waals surface area contributed by atoms with Crippen molar-refractivity contribution < 1.29 is 0 Å². The third-order valence-corrected chi connectivity index (χ3v) is 10.2. The summed E-state index contributed by atoms with van der Waals surface area (Å²) in [5.74, 6) is 0. The van der Waals surface area contributed by atoms with E-state index < -0.39 is 0 Å². The molecule has 4 aromatic rings. The minimum Gasteiger partial charge on any atom is -0.0558 e. The van der Waals surface area contributed by atoms with Gasteiger partial charge in [-0.1, -0.05) is 6.07 Å². The topological polar surface area (TPSA) is 0 Å². The van der Waals surface area contributed by atoms with Crippen molar-refractivity contribution >= 4 is 0 Å². The molecular weight excluding hydrogens is 456 g/mol. The zero-order valence-corrected chi connectivity index (χ0v) is 26.3. The van der Waals surface area contributed by atoms with Gasteiger partial charge in [-0.25, -0.2) is 0 Å². The van der Waals surface area contributed by atoms with Gasteiger partial charge in [-0.15, -0.1) is 0 Å². The van der Waals surface area contributed by atoms with E-state index in [9.17, 15) is 0 Å². The monoisotopic (exact) mass is 502 g/mol. The summed E-state index contributed by atoms with van der Waals surface area (Å²) in [6, 6.07) is 9.71. The maximum Gasteiger partial charge on any atom is -0.0120 e. The van der Waals surface area contributed by atoms with Crippen LogP contribution in [0.15, 0.2) is 24.3 Å². The summed E-state index contributed by atoms with van der Waals surface area (Å²) in [6.45, 7) is 32.0. The summed E-state index contributed by atoms with van der Waals surface area (Å²) >= 11 is 0. The second-order valence-corrected chi connectivity index (χ2v) is 11.9. The molecule has 0 radical (unpaired) electrons. The molecule has 0 aliphatic heterocycles. The maximum absolute atomic E-state index is 2.46. The predicted octanol–water partition coefficient (Wildman–Crippen LogP) is 11.0. The minimum atomic E-state index is 1.32. The van der Waals surface area contributed by atoms with Crippen molar-refractivity contribution in [3.8, 4) is 33.4 Å². The Labute approximate surface area is 232 Å². The molecule has 0 amide bonds. The summed E-state index contributed by atoms with van der Waals surface area (Å²) in [7, 11) is 0. The zero-order valence-electron chi connectivity index (χ0n) is 26.3. The Hall–Kier alpha value is -3.12. The van der Waals surface area contributed by atoms with Gasteiger partial charge in [0.1, 0.15) is 0 Å². The summed E-state index contributed by atoms with van der Waals surface area (Å²) in [6.07, 6.45) is 0. The Bertz CT molecular complexity index is 1450. The van der Waals surface area contributed by atoms with E-state index in [1.54, 1.807) is 0 Å². The zero-order chi connectivity index (χ0) is 28.4. The van der Waals surface area contributed by atoms with E-state index in [0.29, 0.717) is 0 Å². The van der Waals surface area contributed by atoms with Gasteiger partial charge >= 0.3 is 0 Å². The van der Waals surface area contributed by atoms with Crippen LogP contribution < -0.4 is 0 Å².